The van der Waals surface area contributed by atoms with Crippen molar-refractivity contribution in [2.24, 2.45) is 5.10 Å². The SMILES string of the molecule is COC(=O)N(C)/N=C1\CCCc2ccc(-c3cnc(-c4cccnc4)s3)nc21. The van der Waals surface area contributed by atoms with Gasteiger partial charge in [0.25, 0.3) is 0 Å². The van der Waals surface area contributed by atoms with Gasteiger partial charge in [0.1, 0.15) is 5.01 Å². The van der Waals surface area contributed by atoms with Crippen LogP contribution in [0.2, 0.25) is 0 Å². The summed E-state index contributed by atoms with van der Waals surface area (Å²) in [6.07, 6.45) is 7.59. The molecule has 1 aliphatic rings. The van der Waals surface area contributed by atoms with Crippen molar-refractivity contribution in [3.8, 4) is 21.1 Å². The number of fused-ring (bicyclic) bond motifs is 1. The molecule has 0 aliphatic heterocycles. The van der Waals surface area contributed by atoms with Crippen LogP contribution < -0.4 is 0 Å². The predicted octanol–water partition coefficient (Wildman–Crippen LogP) is 4.01. The van der Waals surface area contributed by atoms with E-state index in [1.165, 1.54) is 12.1 Å². The molecule has 3 aromatic rings. The maximum atomic E-state index is 11.7. The van der Waals surface area contributed by atoms with Crippen LogP contribution in [-0.2, 0) is 11.2 Å². The molecule has 0 atom stereocenters. The van der Waals surface area contributed by atoms with Crippen LogP contribution in [0.3, 0.4) is 0 Å². The van der Waals surface area contributed by atoms with Crippen molar-refractivity contribution in [1.29, 1.82) is 0 Å². The van der Waals surface area contributed by atoms with Gasteiger partial charge in [0.05, 0.1) is 29.1 Å². The maximum Gasteiger partial charge on any atom is 0.429 e. The second kappa shape index (κ2) is 7.85. The van der Waals surface area contributed by atoms with E-state index in [9.17, 15) is 4.79 Å². The molecule has 0 aromatic carbocycles. The third-order valence-electron chi connectivity index (χ3n) is 4.49. The largest absolute Gasteiger partial charge is 0.451 e. The summed E-state index contributed by atoms with van der Waals surface area (Å²) in [5.41, 5.74) is 4.62. The summed E-state index contributed by atoms with van der Waals surface area (Å²) in [4.78, 5) is 26.2. The lowest BCUT2D eigenvalue weighted by atomic mass is 9.94. The van der Waals surface area contributed by atoms with Gasteiger partial charge in [0, 0.05) is 31.2 Å². The third kappa shape index (κ3) is 3.63. The minimum Gasteiger partial charge on any atom is -0.451 e. The first-order valence-corrected chi connectivity index (χ1v) is 9.73. The quantitative estimate of drug-likeness (QED) is 0.628. The number of hydrazone groups is 1. The minimum atomic E-state index is -0.501. The minimum absolute atomic E-state index is 0.501. The van der Waals surface area contributed by atoms with Crippen LogP contribution in [0.15, 0.2) is 48.0 Å². The maximum absolute atomic E-state index is 11.7. The fourth-order valence-electron chi connectivity index (χ4n) is 3.11. The second-order valence-electron chi connectivity index (χ2n) is 6.37. The topological polar surface area (TPSA) is 80.6 Å². The van der Waals surface area contributed by atoms with E-state index in [0.29, 0.717) is 0 Å². The number of carbonyl (C=O) groups excluding carboxylic acids is 1. The second-order valence-corrected chi connectivity index (χ2v) is 7.40. The summed E-state index contributed by atoms with van der Waals surface area (Å²) in [6, 6.07) is 8.00. The zero-order chi connectivity index (χ0) is 19.5. The Morgan fingerprint density at radius 3 is 2.93 bits per heavy atom. The molecule has 0 saturated heterocycles. The number of hydrogen-bond acceptors (Lipinski definition) is 7. The van der Waals surface area contributed by atoms with E-state index < -0.39 is 6.09 Å². The fourth-order valence-corrected chi connectivity index (χ4v) is 3.98. The Morgan fingerprint density at radius 2 is 2.14 bits per heavy atom. The number of hydrogen-bond donors (Lipinski definition) is 0. The summed E-state index contributed by atoms with van der Waals surface area (Å²) >= 11 is 1.58. The summed E-state index contributed by atoms with van der Waals surface area (Å²) in [6.45, 7) is 0. The number of methoxy groups -OCH3 is 1. The van der Waals surface area contributed by atoms with Gasteiger partial charge in [-0.15, -0.1) is 11.3 Å². The lowest BCUT2D eigenvalue weighted by Gasteiger charge is -2.19. The van der Waals surface area contributed by atoms with Crippen LogP contribution in [0, 0.1) is 0 Å². The molecule has 0 radical (unpaired) electrons. The molecule has 4 rings (SSSR count). The molecular weight excluding hydrogens is 374 g/mol. The number of amides is 1. The molecule has 0 N–H and O–H groups in total. The van der Waals surface area contributed by atoms with Gasteiger partial charge in [-0.2, -0.15) is 5.10 Å². The first-order chi connectivity index (χ1) is 13.7. The van der Waals surface area contributed by atoms with Crippen molar-refractivity contribution in [2.45, 2.75) is 19.3 Å². The van der Waals surface area contributed by atoms with E-state index in [-0.39, 0.29) is 0 Å². The zero-order valence-corrected chi connectivity index (χ0v) is 16.4. The van der Waals surface area contributed by atoms with Crippen LogP contribution in [0.1, 0.15) is 24.1 Å². The van der Waals surface area contributed by atoms with Crippen LogP contribution in [0.25, 0.3) is 21.1 Å². The van der Waals surface area contributed by atoms with Gasteiger partial charge in [-0.1, -0.05) is 6.07 Å². The van der Waals surface area contributed by atoms with Crippen molar-refractivity contribution in [3.05, 3.63) is 54.1 Å². The van der Waals surface area contributed by atoms with Gasteiger partial charge >= 0.3 is 6.09 Å². The Bertz CT molecular complexity index is 1030. The molecule has 1 aliphatic carbocycles. The van der Waals surface area contributed by atoms with Crippen molar-refractivity contribution >= 4 is 23.1 Å². The molecule has 28 heavy (non-hydrogen) atoms. The van der Waals surface area contributed by atoms with Gasteiger partial charge in [0.2, 0.25) is 0 Å². The van der Waals surface area contributed by atoms with Gasteiger partial charge in [-0.05, 0) is 43.0 Å². The number of aromatic nitrogens is 3. The van der Waals surface area contributed by atoms with E-state index in [1.807, 2.05) is 24.4 Å². The van der Waals surface area contributed by atoms with E-state index in [0.717, 1.165) is 57.4 Å². The molecule has 1 amide bonds. The van der Waals surface area contributed by atoms with E-state index >= 15 is 0 Å². The highest BCUT2D eigenvalue weighted by molar-refractivity contribution is 7.18. The average molecular weight is 393 g/mol. The number of ether oxygens (including phenoxy) is 1. The molecule has 0 saturated carbocycles. The first-order valence-electron chi connectivity index (χ1n) is 8.92. The number of aryl methyl sites for hydroxylation is 1. The Balaban J connectivity index is 1.68. The normalized spacial score (nSPS) is 14.6. The Kier molecular flexibility index (Phi) is 5.12. The molecule has 3 aromatic heterocycles. The molecule has 0 spiro atoms. The van der Waals surface area contributed by atoms with Crippen LogP contribution in [0.4, 0.5) is 4.79 Å². The highest BCUT2D eigenvalue weighted by Gasteiger charge is 2.20. The lowest BCUT2D eigenvalue weighted by Crippen LogP contribution is -2.25. The molecule has 0 unspecified atom stereocenters. The summed E-state index contributed by atoms with van der Waals surface area (Å²) in [5.74, 6) is 0. The molecule has 8 heteroatoms. The summed E-state index contributed by atoms with van der Waals surface area (Å²) < 4.78 is 4.73. The highest BCUT2D eigenvalue weighted by Crippen LogP contribution is 2.32. The van der Waals surface area contributed by atoms with Crippen LogP contribution >= 0.6 is 11.3 Å². The van der Waals surface area contributed by atoms with Crippen LogP contribution in [0.5, 0.6) is 0 Å². The van der Waals surface area contributed by atoms with Gasteiger partial charge < -0.3 is 4.74 Å². The standard InChI is InChI=1S/C20H19N5O2S/c1-25(20(26)27-2)24-16-7-3-5-13-8-9-15(23-18(13)16)17-12-22-19(28-17)14-6-4-10-21-11-14/h4,6,8-12H,3,5,7H2,1-2H3/b24-16+. The third-order valence-corrected chi connectivity index (χ3v) is 5.56. The van der Waals surface area contributed by atoms with E-state index in [4.69, 9.17) is 9.72 Å². The van der Waals surface area contributed by atoms with E-state index in [2.05, 4.69) is 21.1 Å². The Morgan fingerprint density at radius 1 is 1.25 bits per heavy atom. The fraction of sp³-hybridized carbons (Fsp3) is 0.250. The summed E-state index contributed by atoms with van der Waals surface area (Å²) in [7, 11) is 2.92. The Labute approximate surface area is 166 Å². The van der Waals surface area contributed by atoms with Crippen molar-refractivity contribution in [1.82, 2.24) is 20.0 Å². The first kappa shape index (κ1) is 18.2. The number of carbonyl (C=O) groups is 1. The van der Waals surface area contributed by atoms with Gasteiger partial charge in [-0.3, -0.25) is 4.98 Å². The number of pyridine rings is 2. The molecule has 3 heterocycles. The van der Waals surface area contributed by atoms with Crippen LogP contribution in [-0.4, -0.2) is 45.9 Å². The predicted molar refractivity (Wildman–Crippen MR) is 108 cm³/mol. The molecule has 7 nitrogen and oxygen atoms in total. The average Bonchev–Trinajstić information content (AvgIpc) is 3.24. The molecule has 142 valence electrons. The molecule has 0 fully saturated rings. The van der Waals surface area contributed by atoms with Crippen molar-refractivity contribution < 1.29 is 9.53 Å². The molecule has 0 bridgehead atoms. The number of rotatable bonds is 3. The lowest BCUT2D eigenvalue weighted by molar-refractivity contribution is 0.134. The van der Waals surface area contributed by atoms with Gasteiger partial charge in [0.15, 0.2) is 0 Å². The monoisotopic (exact) mass is 393 g/mol. The smallest absolute Gasteiger partial charge is 0.429 e. The molecular formula is C20H19N5O2S. The zero-order valence-electron chi connectivity index (χ0n) is 15.6. The van der Waals surface area contributed by atoms with E-state index in [1.54, 1.807) is 30.8 Å². The number of nitrogens with zero attached hydrogens (tertiary/aromatic N) is 5. The number of thiazole rings is 1. The van der Waals surface area contributed by atoms with Crippen molar-refractivity contribution in [2.75, 3.05) is 14.2 Å². The summed E-state index contributed by atoms with van der Waals surface area (Å²) in [5, 5.41) is 6.55. The van der Waals surface area contributed by atoms with Crippen molar-refractivity contribution in [3.63, 3.8) is 0 Å². The van der Waals surface area contributed by atoms with Gasteiger partial charge in [-0.25, -0.2) is 19.8 Å². The Hall–Kier alpha value is -3.13. The highest BCUT2D eigenvalue weighted by atomic mass is 32.1.